The molecule has 3 N–H and O–H groups in total. The summed E-state index contributed by atoms with van der Waals surface area (Å²) >= 11 is 1.74. The second-order valence-corrected chi connectivity index (χ2v) is 6.70. The zero-order valence-electron chi connectivity index (χ0n) is 12.1. The summed E-state index contributed by atoms with van der Waals surface area (Å²) in [6, 6.07) is 0.362. The maximum Gasteiger partial charge on any atom is 0.110 e. The summed E-state index contributed by atoms with van der Waals surface area (Å²) in [6.07, 6.45) is 3.52. The van der Waals surface area contributed by atoms with E-state index >= 15 is 0 Å². The van der Waals surface area contributed by atoms with Crippen LogP contribution in [0.3, 0.4) is 0 Å². The summed E-state index contributed by atoms with van der Waals surface area (Å²) in [5, 5.41) is 6.84. The molecule has 1 aromatic heterocycles. The lowest BCUT2D eigenvalue weighted by molar-refractivity contribution is 0.300. The van der Waals surface area contributed by atoms with E-state index in [0.29, 0.717) is 11.5 Å². The molecule has 0 amide bonds. The Balaban J connectivity index is 2.22. The first-order valence-electron chi connectivity index (χ1n) is 6.80. The molecule has 0 aromatic carbocycles. The second-order valence-electron chi connectivity index (χ2n) is 5.81. The van der Waals surface area contributed by atoms with Crippen LogP contribution in [0.2, 0.25) is 0 Å². The normalized spacial score (nSPS) is 13.8. The molecule has 0 aliphatic heterocycles. The maximum absolute atomic E-state index is 5.62. The van der Waals surface area contributed by atoms with Crippen LogP contribution in [0.15, 0.2) is 5.38 Å². The van der Waals surface area contributed by atoms with Crippen molar-refractivity contribution in [1.29, 1.82) is 0 Å². The first kappa shape index (κ1) is 15.6. The smallest absolute Gasteiger partial charge is 0.110 e. The number of nitrogens with two attached hydrogens (primary N) is 1. The summed E-state index contributed by atoms with van der Waals surface area (Å²) in [5.41, 5.74) is 7.11. The Morgan fingerprint density at radius 1 is 1.44 bits per heavy atom. The Morgan fingerprint density at radius 3 is 2.72 bits per heavy atom. The Labute approximate surface area is 115 Å². The Kier molecular flexibility index (Phi) is 6.26. The number of aromatic nitrogens is 1. The van der Waals surface area contributed by atoms with Crippen LogP contribution < -0.4 is 11.1 Å². The molecule has 0 spiro atoms. The monoisotopic (exact) mass is 269 g/mol. The minimum Gasteiger partial charge on any atom is -0.330 e. The molecule has 0 saturated carbocycles. The number of hydrogen-bond donors (Lipinski definition) is 2. The van der Waals surface area contributed by atoms with Crippen LogP contribution in [0, 0.1) is 12.3 Å². The van der Waals surface area contributed by atoms with E-state index in [1.54, 1.807) is 11.3 Å². The van der Waals surface area contributed by atoms with E-state index in [1.807, 2.05) is 6.92 Å². The van der Waals surface area contributed by atoms with Crippen molar-refractivity contribution in [1.82, 2.24) is 10.3 Å². The molecule has 1 heterocycles. The SMILES string of the molecule is Cc1csc(C(C)NCCCC(C)(C)CCN)n1. The average molecular weight is 269 g/mol. The molecule has 104 valence electrons. The van der Waals surface area contributed by atoms with E-state index in [0.717, 1.165) is 25.2 Å². The quantitative estimate of drug-likeness (QED) is 0.712. The van der Waals surface area contributed by atoms with E-state index in [4.69, 9.17) is 5.73 Å². The van der Waals surface area contributed by atoms with Gasteiger partial charge in [-0.3, -0.25) is 0 Å². The van der Waals surface area contributed by atoms with Gasteiger partial charge in [-0.05, 0) is 51.6 Å². The van der Waals surface area contributed by atoms with Gasteiger partial charge < -0.3 is 11.1 Å². The maximum atomic E-state index is 5.62. The molecule has 4 heteroatoms. The molecule has 0 fully saturated rings. The van der Waals surface area contributed by atoms with Crippen LogP contribution in [0.5, 0.6) is 0 Å². The molecular weight excluding hydrogens is 242 g/mol. The molecule has 1 unspecified atom stereocenters. The van der Waals surface area contributed by atoms with Gasteiger partial charge in [-0.2, -0.15) is 0 Å². The molecule has 0 saturated heterocycles. The average Bonchev–Trinajstić information content (AvgIpc) is 2.71. The van der Waals surface area contributed by atoms with E-state index in [-0.39, 0.29) is 0 Å². The zero-order valence-corrected chi connectivity index (χ0v) is 12.9. The molecule has 1 atom stereocenters. The summed E-state index contributed by atoms with van der Waals surface area (Å²) < 4.78 is 0. The van der Waals surface area contributed by atoms with Crippen molar-refractivity contribution in [2.45, 2.75) is 53.0 Å². The van der Waals surface area contributed by atoms with Gasteiger partial charge in [0.1, 0.15) is 5.01 Å². The van der Waals surface area contributed by atoms with Crippen molar-refractivity contribution in [3.63, 3.8) is 0 Å². The molecule has 18 heavy (non-hydrogen) atoms. The third-order valence-electron chi connectivity index (χ3n) is 3.31. The van der Waals surface area contributed by atoms with E-state index in [1.165, 1.54) is 17.8 Å². The van der Waals surface area contributed by atoms with Crippen LogP contribution >= 0.6 is 11.3 Å². The van der Waals surface area contributed by atoms with Gasteiger partial charge in [0, 0.05) is 11.1 Å². The first-order chi connectivity index (χ1) is 8.44. The van der Waals surface area contributed by atoms with E-state index in [2.05, 4.69) is 36.5 Å². The largest absolute Gasteiger partial charge is 0.330 e. The highest BCUT2D eigenvalue weighted by Gasteiger charge is 2.16. The zero-order chi connectivity index (χ0) is 13.6. The summed E-state index contributed by atoms with van der Waals surface area (Å²) in [6.45, 7) is 10.7. The van der Waals surface area contributed by atoms with Crippen LogP contribution in [0.25, 0.3) is 0 Å². The van der Waals surface area contributed by atoms with Gasteiger partial charge in [-0.1, -0.05) is 13.8 Å². The van der Waals surface area contributed by atoms with Crippen LogP contribution in [-0.2, 0) is 0 Å². The number of aryl methyl sites for hydroxylation is 1. The third kappa shape index (κ3) is 5.46. The molecule has 1 aromatic rings. The molecule has 0 aliphatic rings. The first-order valence-corrected chi connectivity index (χ1v) is 7.68. The van der Waals surface area contributed by atoms with Gasteiger partial charge in [0.2, 0.25) is 0 Å². The van der Waals surface area contributed by atoms with Crippen LogP contribution in [-0.4, -0.2) is 18.1 Å². The lowest BCUT2D eigenvalue weighted by Gasteiger charge is -2.24. The van der Waals surface area contributed by atoms with Crippen molar-refractivity contribution >= 4 is 11.3 Å². The lowest BCUT2D eigenvalue weighted by Crippen LogP contribution is -2.23. The summed E-state index contributed by atoms with van der Waals surface area (Å²) in [4.78, 5) is 4.51. The Bertz CT molecular complexity index is 347. The van der Waals surface area contributed by atoms with Crippen molar-refractivity contribution in [2.24, 2.45) is 11.1 Å². The highest BCUT2D eigenvalue weighted by molar-refractivity contribution is 7.09. The molecule has 1 rings (SSSR count). The fraction of sp³-hybridized carbons (Fsp3) is 0.786. The highest BCUT2D eigenvalue weighted by atomic mass is 32.1. The van der Waals surface area contributed by atoms with Crippen LogP contribution in [0.1, 0.15) is 56.8 Å². The second kappa shape index (κ2) is 7.22. The number of rotatable bonds is 8. The van der Waals surface area contributed by atoms with E-state index in [9.17, 15) is 0 Å². The van der Waals surface area contributed by atoms with Crippen molar-refractivity contribution < 1.29 is 0 Å². The van der Waals surface area contributed by atoms with Gasteiger partial charge in [0.25, 0.3) is 0 Å². The van der Waals surface area contributed by atoms with Crippen LogP contribution in [0.4, 0.5) is 0 Å². The van der Waals surface area contributed by atoms with E-state index < -0.39 is 0 Å². The summed E-state index contributed by atoms with van der Waals surface area (Å²) in [7, 11) is 0. The minimum absolute atomic E-state index is 0.362. The van der Waals surface area contributed by atoms with Gasteiger partial charge in [-0.15, -0.1) is 11.3 Å². The molecular formula is C14H27N3S. The molecule has 0 bridgehead atoms. The van der Waals surface area contributed by atoms with Gasteiger partial charge in [0.05, 0.1) is 6.04 Å². The number of nitrogens with zero attached hydrogens (tertiary/aromatic N) is 1. The number of thiazole rings is 1. The fourth-order valence-electron chi connectivity index (χ4n) is 2.06. The predicted octanol–water partition coefficient (Wildman–Crippen LogP) is 3.26. The summed E-state index contributed by atoms with van der Waals surface area (Å²) in [5.74, 6) is 0. The topological polar surface area (TPSA) is 50.9 Å². The van der Waals surface area contributed by atoms with Crippen molar-refractivity contribution in [3.05, 3.63) is 16.1 Å². The van der Waals surface area contributed by atoms with Crippen molar-refractivity contribution in [2.75, 3.05) is 13.1 Å². The lowest BCUT2D eigenvalue weighted by atomic mass is 9.84. The Hall–Kier alpha value is -0.450. The molecule has 3 nitrogen and oxygen atoms in total. The molecule has 0 aliphatic carbocycles. The number of hydrogen-bond acceptors (Lipinski definition) is 4. The Morgan fingerprint density at radius 2 is 2.17 bits per heavy atom. The van der Waals surface area contributed by atoms with Gasteiger partial charge in [-0.25, -0.2) is 4.98 Å². The van der Waals surface area contributed by atoms with Crippen molar-refractivity contribution in [3.8, 4) is 0 Å². The predicted molar refractivity (Wildman–Crippen MR) is 80.0 cm³/mol. The standard InChI is InChI=1S/C14H27N3S/c1-11-10-18-13(17-11)12(2)16-9-5-6-14(3,4)7-8-15/h10,12,16H,5-9,15H2,1-4H3. The molecule has 0 radical (unpaired) electrons. The highest BCUT2D eigenvalue weighted by Crippen LogP contribution is 2.25. The number of nitrogens with one attached hydrogen (secondary N) is 1. The van der Waals surface area contributed by atoms with Gasteiger partial charge >= 0.3 is 0 Å². The van der Waals surface area contributed by atoms with Gasteiger partial charge in [0.15, 0.2) is 0 Å². The third-order valence-corrected chi connectivity index (χ3v) is 4.45. The minimum atomic E-state index is 0.362. The fourth-order valence-corrected chi connectivity index (χ4v) is 2.89.